The number of nitrogens with one attached hydrogen (secondary N) is 1. The van der Waals surface area contributed by atoms with Gasteiger partial charge in [-0.15, -0.1) is 12.4 Å². The van der Waals surface area contributed by atoms with Gasteiger partial charge < -0.3 is 19.5 Å². The fraction of sp³-hybridized carbons (Fsp3) is 0.636. The van der Waals surface area contributed by atoms with Crippen LogP contribution in [0.3, 0.4) is 0 Å². The predicted octanol–water partition coefficient (Wildman–Crippen LogP) is 5.38. The second-order valence-electron chi connectivity index (χ2n) is 9.70. The van der Waals surface area contributed by atoms with Crippen molar-refractivity contribution in [1.29, 1.82) is 0 Å². The van der Waals surface area contributed by atoms with Crippen LogP contribution in [0.15, 0.2) is 23.1 Å². The maximum Gasteiger partial charge on any atom is 0.519 e. The predicted molar refractivity (Wildman–Crippen MR) is 126 cm³/mol. The molecule has 0 saturated carbocycles. The largest absolute Gasteiger partial charge is 0.519 e. The minimum atomic E-state index is -3.11. The molecule has 184 valence electrons. The maximum atomic E-state index is 12.0. The quantitative estimate of drug-likeness (QED) is 0.441. The monoisotopic (exact) mass is 493 g/mol. The summed E-state index contributed by atoms with van der Waals surface area (Å²) in [6.45, 7) is 14.8. The lowest BCUT2D eigenvalue weighted by Crippen LogP contribution is -2.29. The Labute approximate surface area is 197 Å². The van der Waals surface area contributed by atoms with Crippen LogP contribution in [0.1, 0.15) is 61.0 Å². The summed E-state index contributed by atoms with van der Waals surface area (Å²) in [5.41, 5.74) is 0.798. The average molecular weight is 494 g/mol. The molecule has 0 atom stereocenters. The van der Waals surface area contributed by atoms with Gasteiger partial charge in [-0.05, 0) is 77.6 Å². The first-order valence-corrected chi connectivity index (χ1v) is 11.9. The summed E-state index contributed by atoms with van der Waals surface area (Å²) in [7, 11) is -3.11. The van der Waals surface area contributed by atoms with Crippen molar-refractivity contribution in [1.82, 2.24) is 0 Å². The average Bonchev–Trinajstić information content (AvgIpc) is 2.97. The van der Waals surface area contributed by atoms with Crippen molar-refractivity contribution >= 4 is 40.2 Å². The Hall–Kier alpha value is -2.00. The van der Waals surface area contributed by atoms with E-state index in [4.69, 9.17) is 9.47 Å². The molecular weight excluding hydrogens is 458 g/mol. The van der Waals surface area contributed by atoms with E-state index in [0.29, 0.717) is 4.90 Å². The topological polar surface area (TPSA) is 108 Å². The lowest BCUT2D eigenvalue weighted by molar-refractivity contribution is -0.0293. The minimum Gasteiger partial charge on any atom is -0.428 e. The third-order valence-electron chi connectivity index (χ3n) is 3.64. The molecule has 1 aromatic carbocycles. The zero-order chi connectivity index (χ0) is 24.0. The Morgan fingerprint density at radius 3 is 1.94 bits per heavy atom. The van der Waals surface area contributed by atoms with E-state index < -0.39 is 33.4 Å². The van der Waals surface area contributed by atoms with Crippen molar-refractivity contribution in [2.45, 2.75) is 77.9 Å². The SMILES string of the molecule is CC(C)(C)OC(=O)OC(=O)OC(C)(C)C.CC(C)CS(=O)(=O)c1ccc2c(c1)CCN2.Cl. The van der Waals surface area contributed by atoms with Gasteiger partial charge in [-0.25, -0.2) is 18.0 Å². The molecule has 0 saturated heterocycles. The Morgan fingerprint density at radius 1 is 1.00 bits per heavy atom. The molecule has 0 spiro atoms. The molecule has 32 heavy (non-hydrogen) atoms. The first kappa shape index (κ1) is 30.0. The summed E-state index contributed by atoms with van der Waals surface area (Å²) < 4.78 is 37.8. The third kappa shape index (κ3) is 11.6. The van der Waals surface area contributed by atoms with Crippen molar-refractivity contribution in [3.8, 4) is 0 Å². The highest BCUT2D eigenvalue weighted by atomic mass is 35.5. The molecule has 1 aliphatic rings. The number of halogens is 1. The summed E-state index contributed by atoms with van der Waals surface area (Å²) >= 11 is 0. The van der Waals surface area contributed by atoms with E-state index >= 15 is 0 Å². The standard InChI is InChI=1S/C12H17NO2S.C10H18O5.ClH/c1-9(2)8-16(14,15)11-3-4-12-10(7-11)5-6-13-12;1-9(2,3)14-7(11)13-8(12)15-10(4,5)6;/h3-4,7,9,13H,5-6,8H2,1-2H3;1-6H3;1H. The van der Waals surface area contributed by atoms with Crippen LogP contribution in [0.5, 0.6) is 0 Å². The minimum absolute atomic E-state index is 0. The normalized spacial score (nSPS) is 13.0. The fourth-order valence-electron chi connectivity index (χ4n) is 2.62. The zero-order valence-electron chi connectivity index (χ0n) is 20.1. The van der Waals surface area contributed by atoms with Crippen molar-refractivity contribution < 1.29 is 32.2 Å². The Kier molecular flexibility index (Phi) is 11.0. The first-order chi connectivity index (χ1) is 14.0. The molecule has 0 unspecified atom stereocenters. The lowest BCUT2D eigenvalue weighted by Gasteiger charge is -2.20. The fourth-order valence-corrected chi connectivity index (χ4v) is 4.29. The Morgan fingerprint density at radius 2 is 1.50 bits per heavy atom. The molecule has 10 heteroatoms. The molecule has 8 nitrogen and oxygen atoms in total. The molecule has 1 heterocycles. The maximum absolute atomic E-state index is 12.0. The van der Waals surface area contributed by atoms with E-state index in [1.807, 2.05) is 26.0 Å². The van der Waals surface area contributed by atoms with Gasteiger partial charge in [0.1, 0.15) is 11.2 Å². The molecule has 0 aromatic heterocycles. The van der Waals surface area contributed by atoms with Crippen molar-refractivity contribution in [2.24, 2.45) is 5.92 Å². The van der Waals surface area contributed by atoms with Crippen LogP contribution < -0.4 is 5.32 Å². The first-order valence-electron chi connectivity index (χ1n) is 10.2. The molecule has 0 aliphatic carbocycles. The number of rotatable bonds is 3. The summed E-state index contributed by atoms with van der Waals surface area (Å²) in [6, 6.07) is 5.39. The van der Waals surface area contributed by atoms with Gasteiger partial charge in [-0.2, -0.15) is 0 Å². The van der Waals surface area contributed by atoms with Gasteiger partial charge in [0.2, 0.25) is 0 Å². The number of anilines is 1. The second kappa shape index (κ2) is 11.7. The van der Waals surface area contributed by atoms with Crippen LogP contribution in [0, 0.1) is 5.92 Å². The summed E-state index contributed by atoms with van der Waals surface area (Å²) in [5, 5.41) is 3.22. The van der Waals surface area contributed by atoms with E-state index in [-0.39, 0.29) is 24.1 Å². The van der Waals surface area contributed by atoms with Gasteiger partial charge in [-0.1, -0.05) is 13.8 Å². The molecule has 2 rings (SSSR count). The van der Waals surface area contributed by atoms with E-state index in [2.05, 4.69) is 10.1 Å². The number of carbonyl (C=O) groups excluding carboxylic acids is 2. The number of sulfone groups is 1. The van der Waals surface area contributed by atoms with E-state index in [0.717, 1.165) is 24.2 Å². The molecule has 1 aliphatic heterocycles. The second-order valence-corrected chi connectivity index (χ2v) is 11.7. The van der Waals surface area contributed by atoms with Crippen molar-refractivity contribution in [3.05, 3.63) is 23.8 Å². The van der Waals surface area contributed by atoms with E-state index in [1.54, 1.807) is 47.6 Å². The summed E-state index contributed by atoms with van der Waals surface area (Å²) in [5.74, 6) is 0.385. The molecular formula is C22H36ClNO7S. The van der Waals surface area contributed by atoms with Gasteiger partial charge in [0.05, 0.1) is 10.6 Å². The number of benzene rings is 1. The number of ether oxygens (including phenoxy) is 3. The van der Waals surface area contributed by atoms with E-state index in [1.165, 1.54) is 0 Å². The highest BCUT2D eigenvalue weighted by molar-refractivity contribution is 7.91. The van der Waals surface area contributed by atoms with Gasteiger partial charge in [0.25, 0.3) is 0 Å². The van der Waals surface area contributed by atoms with Crippen molar-refractivity contribution in [2.75, 3.05) is 17.6 Å². The van der Waals surface area contributed by atoms with Gasteiger partial charge >= 0.3 is 12.3 Å². The number of fused-ring (bicyclic) bond motifs is 1. The van der Waals surface area contributed by atoms with Gasteiger partial charge in [0, 0.05) is 12.2 Å². The molecule has 1 N–H and O–H groups in total. The van der Waals surface area contributed by atoms with Crippen LogP contribution in [0.25, 0.3) is 0 Å². The van der Waals surface area contributed by atoms with Crippen LogP contribution in [0.4, 0.5) is 15.3 Å². The Bertz CT molecular complexity index is 859. The number of carbonyl (C=O) groups is 2. The summed E-state index contributed by atoms with van der Waals surface area (Å²) in [6.07, 6.45) is -1.20. The lowest BCUT2D eigenvalue weighted by atomic mass is 10.2. The highest BCUT2D eigenvalue weighted by Gasteiger charge is 2.24. The third-order valence-corrected chi connectivity index (χ3v) is 5.72. The molecule has 0 amide bonds. The molecule has 0 fully saturated rings. The van der Waals surface area contributed by atoms with Gasteiger partial charge in [-0.3, -0.25) is 0 Å². The molecule has 1 aromatic rings. The smallest absolute Gasteiger partial charge is 0.428 e. The number of hydrogen-bond donors (Lipinski definition) is 1. The highest BCUT2D eigenvalue weighted by Crippen LogP contribution is 2.26. The number of hydrogen-bond acceptors (Lipinski definition) is 8. The van der Waals surface area contributed by atoms with E-state index in [9.17, 15) is 18.0 Å². The van der Waals surface area contributed by atoms with Crippen LogP contribution in [-0.2, 0) is 30.5 Å². The molecule has 0 bridgehead atoms. The van der Waals surface area contributed by atoms with Crippen molar-refractivity contribution in [3.63, 3.8) is 0 Å². The summed E-state index contributed by atoms with van der Waals surface area (Å²) in [4.78, 5) is 22.5. The van der Waals surface area contributed by atoms with Gasteiger partial charge in [0.15, 0.2) is 9.84 Å². The Balaban J connectivity index is 0.000000585. The van der Waals surface area contributed by atoms with Crippen LogP contribution in [0.2, 0.25) is 0 Å². The zero-order valence-corrected chi connectivity index (χ0v) is 21.7. The van der Waals surface area contributed by atoms with Crippen LogP contribution >= 0.6 is 12.4 Å². The van der Waals surface area contributed by atoms with Crippen LogP contribution in [-0.4, -0.2) is 44.2 Å². The molecule has 0 radical (unpaired) electrons.